The number of nitrogens with zero attached hydrogens (tertiary/aromatic N) is 2. The summed E-state index contributed by atoms with van der Waals surface area (Å²) in [7, 11) is 1.68. The Bertz CT molecular complexity index is 1050. The van der Waals surface area contributed by atoms with E-state index in [9.17, 15) is 9.59 Å². The molecule has 2 aliphatic heterocycles. The van der Waals surface area contributed by atoms with Crippen LogP contribution in [0.3, 0.4) is 0 Å². The Morgan fingerprint density at radius 3 is 2.45 bits per heavy atom. The molecule has 1 spiro atoms. The molecule has 33 heavy (non-hydrogen) atoms. The Hall–Kier alpha value is -2.61. The molecule has 0 bridgehead atoms. The summed E-state index contributed by atoms with van der Waals surface area (Å²) in [6.07, 6.45) is 1.11. The Labute approximate surface area is 198 Å². The van der Waals surface area contributed by atoms with Gasteiger partial charge in [-0.25, -0.2) is 9.59 Å². The molecule has 4 rings (SSSR count). The summed E-state index contributed by atoms with van der Waals surface area (Å²) in [4.78, 5) is 27.6. The Morgan fingerprint density at radius 1 is 1.18 bits per heavy atom. The maximum Gasteiger partial charge on any atom is 0.415 e. The number of hydrogen-bond donors (Lipinski definition) is 1. The van der Waals surface area contributed by atoms with Crippen molar-refractivity contribution in [3.05, 3.63) is 64.2 Å². The van der Waals surface area contributed by atoms with Gasteiger partial charge in [0.15, 0.2) is 0 Å². The largest absolute Gasteiger partial charge is 0.478 e. The lowest BCUT2D eigenvalue weighted by Crippen LogP contribution is -2.46. The van der Waals surface area contributed by atoms with Crippen LogP contribution in [0.2, 0.25) is 5.02 Å². The summed E-state index contributed by atoms with van der Waals surface area (Å²) < 4.78 is 11.4. The fourth-order valence-electron chi connectivity index (χ4n) is 4.49. The quantitative estimate of drug-likeness (QED) is 0.643. The van der Waals surface area contributed by atoms with Gasteiger partial charge in [0, 0.05) is 55.9 Å². The highest BCUT2D eigenvalue weighted by molar-refractivity contribution is 6.31. The molecule has 2 saturated heterocycles. The van der Waals surface area contributed by atoms with Gasteiger partial charge in [0.25, 0.3) is 0 Å². The van der Waals surface area contributed by atoms with Crippen LogP contribution < -0.4 is 4.90 Å². The van der Waals surface area contributed by atoms with Crippen molar-refractivity contribution in [2.24, 2.45) is 0 Å². The van der Waals surface area contributed by atoms with Crippen LogP contribution in [-0.2, 0) is 21.6 Å². The number of hydrogen-bond acceptors (Lipinski definition) is 5. The van der Waals surface area contributed by atoms with Gasteiger partial charge in [0.2, 0.25) is 0 Å². The van der Waals surface area contributed by atoms with Gasteiger partial charge in [-0.3, -0.25) is 9.80 Å². The fourth-order valence-corrected chi connectivity index (χ4v) is 4.83. The van der Waals surface area contributed by atoms with Crippen molar-refractivity contribution in [2.45, 2.75) is 44.4 Å². The van der Waals surface area contributed by atoms with E-state index >= 15 is 0 Å². The van der Waals surface area contributed by atoms with Crippen LogP contribution in [0, 0.1) is 0 Å². The molecule has 0 radical (unpaired) electrons. The first-order valence-corrected chi connectivity index (χ1v) is 11.4. The highest BCUT2D eigenvalue weighted by Crippen LogP contribution is 2.37. The van der Waals surface area contributed by atoms with Gasteiger partial charge in [-0.1, -0.05) is 23.7 Å². The van der Waals surface area contributed by atoms with E-state index in [-0.39, 0.29) is 11.7 Å². The van der Waals surface area contributed by atoms with Gasteiger partial charge >= 0.3 is 12.1 Å². The second-order valence-corrected chi connectivity index (χ2v) is 9.70. The van der Waals surface area contributed by atoms with E-state index in [1.54, 1.807) is 24.1 Å². The number of methoxy groups -OCH3 is 1. The smallest absolute Gasteiger partial charge is 0.415 e. The zero-order valence-electron chi connectivity index (χ0n) is 19.1. The number of benzene rings is 2. The molecule has 2 fully saturated rings. The number of carbonyl (C=O) groups excluding carboxylic acids is 1. The molecule has 0 saturated carbocycles. The summed E-state index contributed by atoms with van der Waals surface area (Å²) in [5.74, 6) is -0.993. The molecule has 0 aromatic heterocycles. The van der Waals surface area contributed by atoms with Crippen molar-refractivity contribution in [2.75, 3.05) is 31.6 Å². The standard InChI is InChI=1S/C25H29ClN2O5/c1-24(2,32-3)20-14-17(4-9-21(20)26)15-27-12-10-25(11-13-27)16-28(23(31)33-25)19-7-5-18(6-8-19)22(29)30/h4-9,14H,10-13,15-16H2,1-3H3,(H,29,30). The molecule has 176 valence electrons. The first-order valence-electron chi connectivity index (χ1n) is 11.0. The van der Waals surface area contributed by atoms with Gasteiger partial charge < -0.3 is 14.6 Å². The van der Waals surface area contributed by atoms with Crippen molar-refractivity contribution < 1.29 is 24.2 Å². The first-order chi connectivity index (χ1) is 15.6. The van der Waals surface area contributed by atoms with Gasteiger partial charge in [0.1, 0.15) is 5.60 Å². The normalized spacial score (nSPS) is 18.5. The van der Waals surface area contributed by atoms with Crippen molar-refractivity contribution in [1.29, 1.82) is 0 Å². The maximum atomic E-state index is 12.6. The monoisotopic (exact) mass is 472 g/mol. The molecule has 7 nitrogen and oxygen atoms in total. The molecular weight excluding hydrogens is 444 g/mol. The molecule has 0 atom stereocenters. The molecule has 1 amide bonds. The summed E-state index contributed by atoms with van der Waals surface area (Å²) in [5, 5.41) is 9.77. The maximum absolute atomic E-state index is 12.6. The SMILES string of the molecule is COC(C)(C)c1cc(CN2CCC3(CC2)CN(c2ccc(C(=O)O)cc2)C(=O)O3)ccc1Cl. The number of rotatable bonds is 6. The predicted octanol–water partition coefficient (Wildman–Crippen LogP) is 4.91. The van der Waals surface area contributed by atoms with E-state index in [1.165, 1.54) is 17.7 Å². The molecule has 0 aliphatic carbocycles. The van der Waals surface area contributed by atoms with E-state index in [4.69, 9.17) is 26.2 Å². The molecule has 2 aromatic carbocycles. The number of likely N-dealkylation sites (tertiary alicyclic amines) is 1. The summed E-state index contributed by atoms with van der Waals surface area (Å²) in [5.41, 5.74) is 1.99. The van der Waals surface area contributed by atoms with E-state index < -0.39 is 17.2 Å². The van der Waals surface area contributed by atoms with Gasteiger partial charge in [-0.05, 0) is 49.7 Å². The van der Waals surface area contributed by atoms with Crippen LogP contribution in [0.15, 0.2) is 42.5 Å². The van der Waals surface area contributed by atoms with Gasteiger partial charge in [0.05, 0.1) is 17.7 Å². The molecule has 8 heteroatoms. The number of anilines is 1. The number of carboxylic acid groups (broad SMARTS) is 1. The lowest BCUT2D eigenvalue weighted by Gasteiger charge is -2.37. The highest BCUT2D eigenvalue weighted by atomic mass is 35.5. The van der Waals surface area contributed by atoms with Crippen molar-refractivity contribution in [1.82, 2.24) is 4.90 Å². The van der Waals surface area contributed by atoms with Crippen molar-refractivity contribution in [3.63, 3.8) is 0 Å². The number of aromatic carboxylic acids is 1. The Morgan fingerprint density at radius 2 is 1.85 bits per heavy atom. The number of piperidine rings is 1. The van der Waals surface area contributed by atoms with Crippen LogP contribution in [0.25, 0.3) is 0 Å². The minimum atomic E-state index is -0.993. The van der Waals surface area contributed by atoms with Gasteiger partial charge in [-0.2, -0.15) is 0 Å². The third-order valence-corrected chi connectivity index (χ3v) is 7.09. The fraction of sp³-hybridized carbons (Fsp3) is 0.440. The van der Waals surface area contributed by atoms with Crippen LogP contribution in [0.4, 0.5) is 10.5 Å². The lowest BCUT2D eigenvalue weighted by atomic mass is 9.90. The van der Waals surface area contributed by atoms with Crippen LogP contribution >= 0.6 is 11.6 Å². The number of halogens is 1. The summed E-state index contributed by atoms with van der Waals surface area (Å²) >= 11 is 6.41. The predicted molar refractivity (Wildman–Crippen MR) is 126 cm³/mol. The third-order valence-electron chi connectivity index (χ3n) is 6.76. The summed E-state index contributed by atoms with van der Waals surface area (Å²) in [6, 6.07) is 12.4. The minimum Gasteiger partial charge on any atom is -0.478 e. The zero-order chi connectivity index (χ0) is 23.8. The highest BCUT2D eigenvalue weighted by Gasteiger charge is 2.47. The average Bonchev–Trinajstić information content (AvgIpc) is 3.12. The van der Waals surface area contributed by atoms with Crippen LogP contribution in [0.5, 0.6) is 0 Å². The van der Waals surface area contributed by atoms with Crippen molar-refractivity contribution >= 4 is 29.4 Å². The van der Waals surface area contributed by atoms with E-state index in [1.807, 2.05) is 26.0 Å². The van der Waals surface area contributed by atoms with E-state index in [0.29, 0.717) is 17.3 Å². The molecular formula is C25H29ClN2O5. The Kier molecular flexibility index (Phi) is 6.40. The van der Waals surface area contributed by atoms with Crippen LogP contribution in [-0.4, -0.2) is 54.4 Å². The number of amides is 1. The number of ether oxygens (including phenoxy) is 2. The minimum absolute atomic E-state index is 0.188. The average molecular weight is 473 g/mol. The molecule has 2 aliphatic rings. The van der Waals surface area contributed by atoms with E-state index in [0.717, 1.165) is 38.0 Å². The van der Waals surface area contributed by atoms with Gasteiger partial charge in [-0.15, -0.1) is 0 Å². The van der Waals surface area contributed by atoms with Crippen molar-refractivity contribution in [3.8, 4) is 0 Å². The topological polar surface area (TPSA) is 79.3 Å². The lowest BCUT2D eigenvalue weighted by molar-refractivity contribution is -0.00106. The molecule has 2 heterocycles. The van der Waals surface area contributed by atoms with E-state index in [2.05, 4.69) is 11.0 Å². The number of carboxylic acids is 1. The second-order valence-electron chi connectivity index (χ2n) is 9.29. The third kappa shape index (κ3) is 4.86. The number of carbonyl (C=O) groups is 2. The molecule has 2 aromatic rings. The second kappa shape index (κ2) is 8.97. The first kappa shape index (κ1) is 23.5. The molecule has 0 unspecified atom stereocenters. The zero-order valence-corrected chi connectivity index (χ0v) is 19.9. The summed E-state index contributed by atoms with van der Waals surface area (Å²) in [6.45, 7) is 6.87. The molecule has 1 N–H and O–H groups in total. The Balaban J connectivity index is 1.39. The van der Waals surface area contributed by atoms with Crippen LogP contribution in [0.1, 0.15) is 48.2 Å².